The molecular weight excluding hydrogens is 296 g/mol. The summed E-state index contributed by atoms with van der Waals surface area (Å²) in [5, 5.41) is 10.6. The summed E-state index contributed by atoms with van der Waals surface area (Å²) >= 11 is 1.33. The number of nitrogens with one attached hydrogen (secondary N) is 2. The van der Waals surface area contributed by atoms with E-state index < -0.39 is 0 Å². The van der Waals surface area contributed by atoms with Crippen LogP contribution in [0.5, 0.6) is 0 Å². The van der Waals surface area contributed by atoms with Crippen LogP contribution in [-0.4, -0.2) is 32.4 Å². The Hall–Kier alpha value is -1.82. The lowest BCUT2D eigenvalue weighted by Crippen LogP contribution is -2.43. The molecule has 0 spiro atoms. The minimum Gasteiger partial charge on any atom is -0.351 e. The number of amides is 1. The van der Waals surface area contributed by atoms with Crippen molar-refractivity contribution in [1.29, 1.82) is 0 Å². The number of hydrogen-bond acceptors (Lipinski definition) is 4. The summed E-state index contributed by atoms with van der Waals surface area (Å²) in [6.45, 7) is 8.12. The van der Waals surface area contributed by atoms with Gasteiger partial charge in [0.2, 0.25) is 11.1 Å². The van der Waals surface area contributed by atoms with Gasteiger partial charge < -0.3 is 5.32 Å². The Balaban J connectivity index is 1.92. The first-order valence-electron chi connectivity index (χ1n) is 7.33. The molecule has 0 unspecified atom stereocenters. The molecule has 2 rings (SSSR count). The lowest BCUT2D eigenvalue weighted by molar-refractivity contribution is -0.120. The van der Waals surface area contributed by atoms with E-state index in [9.17, 15) is 4.79 Å². The molecule has 0 radical (unpaired) electrons. The molecule has 1 heterocycles. The Morgan fingerprint density at radius 2 is 2.00 bits per heavy atom. The van der Waals surface area contributed by atoms with Gasteiger partial charge in [0, 0.05) is 11.1 Å². The number of hydrogen-bond donors (Lipinski definition) is 2. The van der Waals surface area contributed by atoms with Gasteiger partial charge in [-0.05, 0) is 27.2 Å². The maximum Gasteiger partial charge on any atom is 0.230 e. The molecule has 0 aliphatic heterocycles. The SMILES string of the molecule is CCC(C)(C)NC(=O)CSc1n[nH]c(-c2ccc(C)cc2)n1. The molecule has 0 aliphatic carbocycles. The van der Waals surface area contributed by atoms with Crippen molar-refractivity contribution < 1.29 is 4.79 Å². The van der Waals surface area contributed by atoms with Gasteiger partial charge in [0.05, 0.1) is 5.75 Å². The van der Waals surface area contributed by atoms with E-state index in [1.807, 2.05) is 45.0 Å². The van der Waals surface area contributed by atoms with Gasteiger partial charge in [-0.3, -0.25) is 9.89 Å². The summed E-state index contributed by atoms with van der Waals surface area (Å²) in [5.41, 5.74) is 2.01. The van der Waals surface area contributed by atoms with Gasteiger partial charge in [0.15, 0.2) is 5.82 Å². The van der Waals surface area contributed by atoms with Crippen molar-refractivity contribution in [1.82, 2.24) is 20.5 Å². The van der Waals surface area contributed by atoms with Crippen LogP contribution in [0.25, 0.3) is 11.4 Å². The zero-order valence-electron chi connectivity index (χ0n) is 13.4. The fraction of sp³-hybridized carbons (Fsp3) is 0.438. The number of carbonyl (C=O) groups excluding carboxylic acids is 1. The fourth-order valence-corrected chi connectivity index (χ4v) is 2.38. The Morgan fingerprint density at radius 1 is 1.32 bits per heavy atom. The predicted octanol–water partition coefficient (Wildman–Crippen LogP) is 3.18. The number of benzene rings is 1. The van der Waals surface area contributed by atoms with Crippen LogP contribution in [-0.2, 0) is 4.79 Å². The Labute approximate surface area is 135 Å². The highest BCUT2D eigenvalue weighted by Crippen LogP contribution is 2.19. The number of aromatic nitrogens is 3. The predicted molar refractivity (Wildman–Crippen MR) is 89.8 cm³/mol. The van der Waals surface area contributed by atoms with Gasteiger partial charge in [-0.2, -0.15) is 0 Å². The van der Waals surface area contributed by atoms with Crippen LogP contribution in [0.15, 0.2) is 29.4 Å². The molecule has 1 aromatic heterocycles. The largest absolute Gasteiger partial charge is 0.351 e. The topological polar surface area (TPSA) is 70.7 Å². The number of carbonyl (C=O) groups is 1. The van der Waals surface area contributed by atoms with Crippen LogP contribution in [0.1, 0.15) is 32.8 Å². The van der Waals surface area contributed by atoms with Gasteiger partial charge in [0.1, 0.15) is 0 Å². The van der Waals surface area contributed by atoms with Gasteiger partial charge >= 0.3 is 0 Å². The van der Waals surface area contributed by atoms with Crippen molar-refractivity contribution in [3.8, 4) is 11.4 Å². The molecular formula is C16H22N4OS. The monoisotopic (exact) mass is 318 g/mol. The highest BCUT2D eigenvalue weighted by atomic mass is 32.2. The minimum absolute atomic E-state index is 0.00136. The molecule has 22 heavy (non-hydrogen) atoms. The summed E-state index contributed by atoms with van der Waals surface area (Å²) < 4.78 is 0. The van der Waals surface area contributed by atoms with Crippen molar-refractivity contribution >= 4 is 17.7 Å². The Kier molecular flexibility index (Phi) is 5.24. The molecule has 6 heteroatoms. The van der Waals surface area contributed by atoms with Crippen molar-refractivity contribution in [3.63, 3.8) is 0 Å². The first-order chi connectivity index (χ1) is 10.4. The van der Waals surface area contributed by atoms with Crippen LogP contribution < -0.4 is 5.32 Å². The summed E-state index contributed by atoms with van der Waals surface area (Å²) in [4.78, 5) is 16.3. The van der Waals surface area contributed by atoms with E-state index in [1.54, 1.807) is 0 Å². The quantitative estimate of drug-likeness (QED) is 0.803. The van der Waals surface area contributed by atoms with E-state index in [4.69, 9.17) is 0 Å². The van der Waals surface area contributed by atoms with Crippen LogP contribution in [0, 0.1) is 6.92 Å². The zero-order chi connectivity index (χ0) is 16.2. The van der Waals surface area contributed by atoms with E-state index in [1.165, 1.54) is 17.3 Å². The van der Waals surface area contributed by atoms with Crippen molar-refractivity contribution in [2.45, 2.75) is 44.8 Å². The maximum absolute atomic E-state index is 11.9. The first kappa shape index (κ1) is 16.5. The van der Waals surface area contributed by atoms with Crippen LogP contribution in [0.4, 0.5) is 0 Å². The van der Waals surface area contributed by atoms with E-state index in [0.717, 1.165) is 17.8 Å². The second-order valence-electron chi connectivity index (χ2n) is 5.91. The minimum atomic E-state index is -0.177. The lowest BCUT2D eigenvalue weighted by atomic mass is 10.0. The summed E-state index contributed by atoms with van der Waals surface area (Å²) in [5.74, 6) is 1.03. The van der Waals surface area contributed by atoms with Crippen molar-refractivity contribution in [2.75, 3.05) is 5.75 Å². The Morgan fingerprint density at radius 3 is 2.64 bits per heavy atom. The number of rotatable bonds is 6. The van der Waals surface area contributed by atoms with E-state index in [0.29, 0.717) is 10.9 Å². The maximum atomic E-state index is 11.9. The number of H-pyrrole nitrogens is 1. The number of aromatic amines is 1. The highest BCUT2D eigenvalue weighted by Gasteiger charge is 2.18. The highest BCUT2D eigenvalue weighted by molar-refractivity contribution is 7.99. The molecule has 118 valence electrons. The van der Waals surface area contributed by atoms with Crippen molar-refractivity contribution in [2.24, 2.45) is 0 Å². The first-order valence-corrected chi connectivity index (χ1v) is 8.31. The molecule has 0 saturated carbocycles. The van der Waals surface area contributed by atoms with Crippen LogP contribution in [0.2, 0.25) is 0 Å². The summed E-state index contributed by atoms with van der Waals surface area (Å²) in [6, 6.07) is 8.07. The second kappa shape index (κ2) is 6.96. The third-order valence-corrected chi connectivity index (χ3v) is 4.33. The molecule has 0 atom stereocenters. The molecule has 0 fully saturated rings. The summed E-state index contributed by atoms with van der Waals surface area (Å²) in [6.07, 6.45) is 0.891. The standard InChI is InChI=1S/C16H22N4OS/c1-5-16(3,4)18-13(21)10-22-15-17-14(19-20-15)12-8-6-11(2)7-9-12/h6-9H,5,10H2,1-4H3,(H,18,21)(H,17,19,20). The molecule has 5 nitrogen and oxygen atoms in total. The number of thioether (sulfide) groups is 1. The normalized spacial score (nSPS) is 11.5. The summed E-state index contributed by atoms with van der Waals surface area (Å²) in [7, 11) is 0. The zero-order valence-corrected chi connectivity index (χ0v) is 14.3. The van der Waals surface area contributed by atoms with Gasteiger partial charge in [-0.15, -0.1) is 5.10 Å². The molecule has 0 saturated heterocycles. The number of aryl methyl sites for hydroxylation is 1. The Bertz CT molecular complexity index is 634. The second-order valence-corrected chi connectivity index (χ2v) is 6.85. The molecule has 1 amide bonds. The average Bonchev–Trinajstić information content (AvgIpc) is 2.94. The van der Waals surface area contributed by atoms with E-state index in [-0.39, 0.29) is 11.4 Å². The van der Waals surface area contributed by atoms with Crippen LogP contribution in [0.3, 0.4) is 0 Å². The lowest BCUT2D eigenvalue weighted by Gasteiger charge is -2.24. The van der Waals surface area contributed by atoms with E-state index in [2.05, 4.69) is 27.4 Å². The number of nitrogens with zero attached hydrogens (tertiary/aromatic N) is 2. The molecule has 0 aliphatic rings. The van der Waals surface area contributed by atoms with E-state index >= 15 is 0 Å². The molecule has 0 bridgehead atoms. The van der Waals surface area contributed by atoms with Gasteiger partial charge in [-0.25, -0.2) is 4.98 Å². The molecule has 2 N–H and O–H groups in total. The molecule has 1 aromatic carbocycles. The average molecular weight is 318 g/mol. The van der Waals surface area contributed by atoms with Gasteiger partial charge in [-0.1, -0.05) is 48.5 Å². The van der Waals surface area contributed by atoms with Gasteiger partial charge in [0.25, 0.3) is 0 Å². The third kappa shape index (κ3) is 4.59. The van der Waals surface area contributed by atoms with Crippen molar-refractivity contribution in [3.05, 3.63) is 29.8 Å². The molecule has 2 aromatic rings. The fourth-order valence-electron chi connectivity index (χ4n) is 1.78. The third-order valence-electron chi connectivity index (χ3n) is 3.48. The van der Waals surface area contributed by atoms with Crippen LogP contribution >= 0.6 is 11.8 Å². The smallest absolute Gasteiger partial charge is 0.230 e.